The van der Waals surface area contributed by atoms with Crippen LogP contribution in [0.3, 0.4) is 0 Å². The average Bonchev–Trinajstić information content (AvgIpc) is 2.40. The molecule has 6 nitrogen and oxygen atoms in total. The molecule has 0 spiro atoms. The molecule has 0 bridgehead atoms. The Kier molecular flexibility index (Phi) is 21.3. The summed E-state index contributed by atoms with van der Waals surface area (Å²) >= 11 is 7.21. The monoisotopic (exact) mass is 408 g/mol. The average molecular weight is 408 g/mol. The van der Waals surface area contributed by atoms with E-state index >= 15 is 0 Å². The Bertz CT molecular complexity index is 429. The van der Waals surface area contributed by atoms with E-state index in [1.54, 1.807) is 0 Å². The summed E-state index contributed by atoms with van der Waals surface area (Å²) in [6.07, 6.45) is 0. The van der Waals surface area contributed by atoms with Crippen molar-refractivity contribution in [1.29, 1.82) is 0 Å². The second-order valence-electron chi connectivity index (χ2n) is 3.34. The first-order valence-corrected chi connectivity index (χ1v) is 10.9. The summed E-state index contributed by atoms with van der Waals surface area (Å²) in [7, 11) is 0. The third kappa shape index (κ3) is 60.5. The van der Waals surface area contributed by atoms with E-state index < -0.39 is 13.4 Å². The van der Waals surface area contributed by atoms with Gasteiger partial charge in [-0.15, -0.1) is 0 Å². The maximum atomic E-state index is 7.56. The Morgan fingerprint density at radius 3 is 0.478 bits per heavy atom. The molecule has 0 heterocycles. The Balaban J connectivity index is -0.000000230. The summed E-state index contributed by atoms with van der Waals surface area (Å²) in [6, 6.07) is 24.0. The smallest absolute Gasteiger partial charge is 0.0623 e. The molecule has 0 saturated heterocycles. The first-order valence-electron chi connectivity index (χ1n) is 5.57. The van der Waals surface area contributed by atoms with Gasteiger partial charge >= 0.3 is 43.0 Å². The van der Waals surface area contributed by atoms with Crippen LogP contribution in [-0.2, 0) is 23.6 Å². The van der Waals surface area contributed by atoms with Crippen LogP contribution < -0.4 is 0 Å². The molecule has 0 radical (unpaired) electrons. The number of hydrogen-bond donors (Lipinski definition) is 6. The molecule has 0 aliphatic carbocycles. The van der Waals surface area contributed by atoms with Gasteiger partial charge in [-0.3, -0.25) is 0 Å². The van der Waals surface area contributed by atoms with Gasteiger partial charge in [0.05, 0.1) is 0 Å². The van der Waals surface area contributed by atoms with E-state index in [0.717, 1.165) is 0 Å². The van der Waals surface area contributed by atoms with E-state index in [2.05, 4.69) is 23.6 Å². The summed E-state index contributed by atoms with van der Waals surface area (Å²) in [6.45, 7) is -7.61. The number of benzene rings is 2. The molecule has 23 heavy (non-hydrogen) atoms. The van der Waals surface area contributed by atoms with E-state index in [1.165, 1.54) is 0 Å². The van der Waals surface area contributed by atoms with E-state index in [-0.39, 0.29) is 29.6 Å². The molecule has 0 amide bonds. The van der Waals surface area contributed by atoms with Crippen molar-refractivity contribution in [3.05, 3.63) is 72.8 Å². The van der Waals surface area contributed by atoms with Crippen LogP contribution in [0, 0.1) is 0 Å². The van der Waals surface area contributed by atoms with Crippen molar-refractivity contribution in [3.63, 3.8) is 0 Å². The molecule has 2 aromatic rings. The Labute approximate surface area is 167 Å². The molecule has 126 valence electrons. The summed E-state index contributed by atoms with van der Waals surface area (Å²) in [4.78, 5) is 45.3. The zero-order valence-electron chi connectivity index (χ0n) is 11.3. The Morgan fingerprint density at radius 1 is 0.391 bits per heavy atom. The molecule has 0 aliphatic heterocycles. The van der Waals surface area contributed by atoms with Gasteiger partial charge in [0.2, 0.25) is 0 Å². The predicted octanol–water partition coefficient (Wildman–Crippen LogP) is 1.10. The molecule has 0 saturated carbocycles. The van der Waals surface area contributed by atoms with Gasteiger partial charge in [0.1, 0.15) is 0 Å². The summed E-state index contributed by atoms with van der Waals surface area (Å²) in [5.41, 5.74) is 0. The second kappa shape index (κ2) is 17.3. The van der Waals surface area contributed by atoms with E-state index in [4.69, 9.17) is 29.4 Å². The molecule has 6 N–H and O–H groups in total. The fourth-order valence-corrected chi connectivity index (χ4v) is 0.770. The maximum absolute atomic E-state index is 7.56. The van der Waals surface area contributed by atoms with Crippen molar-refractivity contribution in [3.8, 4) is 0 Å². The van der Waals surface area contributed by atoms with Gasteiger partial charge in [-0.1, -0.05) is 72.8 Å². The van der Waals surface area contributed by atoms with Gasteiger partial charge in [-0.25, -0.2) is 0 Å². The third-order valence-corrected chi connectivity index (χ3v) is 1.33. The van der Waals surface area contributed by atoms with Crippen LogP contribution >= 0.6 is 13.4 Å². The van der Waals surface area contributed by atoms with Crippen LogP contribution in [0.15, 0.2) is 72.8 Å². The van der Waals surface area contributed by atoms with E-state index in [0.29, 0.717) is 0 Å². The fourth-order valence-electron chi connectivity index (χ4n) is 0.770. The first kappa shape index (κ1) is 28.3. The predicted molar refractivity (Wildman–Crippen MR) is 102 cm³/mol. The van der Waals surface area contributed by atoms with Crippen LogP contribution in [0.5, 0.6) is 0 Å². The number of rotatable bonds is 0. The summed E-state index contributed by atoms with van der Waals surface area (Å²) in [5, 5.41) is 0. The molecular weight excluding hydrogens is 389 g/mol. The first-order chi connectivity index (χ1) is 10.0. The van der Waals surface area contributed by atoms with Gasteiger partial charge in [-0.2, -0.15) is 0 Å². The molecule has 0 aromatic heterocycles. The van der Waals surface area contributed by atoms with Crippen LogP contribution in [-0.4, -0.2) is 58.9 Å². The van der Waals surface area contributed by atoms with Crippen molar-refractivity contribution in [2.75, 3.05) is 0 Å². The van der Waals surface area contributed by atoms with Gasteiger partial charge in [0.25, 0.3) is 0 Å². The summed E-state index contributed by atoms with van der Waals surface area (Å²) < 4.78 is 0. The van der Waals surface area contributed by atoms with Crippen molar-refractivity contribution in [2.45, 2.75) is 0 Å². The Hall–Kier alpha value is 0.500. The van der Waals surface area contributed by atoms with Crippen molar-refractivity contribution >= 4 is 66.6 Å². The van der Waals surface area contributed by atoms with Gasteiger partial charge in [-0.05, 0) is 23.6 Å². The van der Waals surface area contributed by atoms with E-state index in [9.17, 15) is 0 Å². The minimum absolute atomic E-state index is 0. The van der Waals surface area contributed by atoms with Crippen molar-refractivity contribution < 1.29 is 29.4 Å². The zero-order chi connectivity index (χ0) is 17.5. The normalized spacial score (nSPS) is 9.30. The van der Waals surface area contributed by atoms with Gasteiger partial charge < -0.3 is 29.4 Å². The van der Waals surface area contributed by atoms with Gasteiger partial charge in [0.15, 0.2) is 0 Å². The molecule has 2 rings (SSSR count). The third-order valence-electron chi connectivity index (χ3n) is 1.33. The van der Waals surface area contributed by atoms with Crippen LogP contribution in [0.4, 0.5) is 0 Å². The molecule has 2 aromatic carbocycles. The SMILES string of the molecule is OP(O)(O)=S.OP(O)(O)=S.[NaH].c1ccccc1.c1ccccc1. The molecule has 0 aliphatic rings. The van der Waals surface area contributed by atoms with Crippen molar-refractivity contribution in [1.82, 2.24) is 0 Å². The number of hydrogen-bond acceptors (Lipinski definition) is 2. The quantitative estimate of drug-likeness (QED) is 0.283. The molecular formula is C12H19NaO6P2S2. The minimum Gasteiger partial charge on any atom is -0.0623 e. The molecule has 0 unspecified atom stereocenters. The van der Waals surface area contributed by atoms with E-state index in [1.807, 2.05) is 72.8 Å². The molecule has 0 fully saturated rings. The van der Waals surface area contributed by atoms with Crippen molar-refractivity contribution in [2.24, 2.45) is 0 Å². The topological polar surface area (TPSA) is 121 Å². The van der Waals surface area contributed by atoms with Crippen LogP contribution in [0.25, 0.3) is 0 Å². The maximum Gasteiger partial charge on any atom is -0.0623 e. The Morgan fingerprint density at radius 2 is 0.435 bits per heavy atom. The molecule has 0 atom stereocenters. The van der Waals surface area contributed by atoms with Crippen LogP contribution in [0.1, 0.15) is 0 Å². The standard InChI is InChI=1S/2C6H6.Na.2H3O3PS.H/c2*1-2-4-6-5-3-1;;2*1-4(2,3)5;/h2*1-6H;;2*(H3,1,2,3,5);. The minimum atomic E-state index is -3.81. The zero-order valence-corrected chi connectivity index (χ0v) is 14.7. The second-order valence-corrected chi connectivity index (χ2v) is 8.33. The molecule has 11 heteroatoms. The van der Waals surface area contributed by atoms with Gasteiger partial charge in [0, 0.05) is 0 Å². The van der Waals surface area contributed by atoms with Crippen LogP contribution in [0.2, 0.25) is 0 Å². The fraction of sp³-hybridized carbons (Fsp3) is 0. The summed E-state index contributed by atoms with van der Waals surface area (Å²) in [5.74, 6) is 0. The largest absolute Gasteiger partial charge is 0.0623 e.